The van der Waals surface area contributed by atoms with Crippen LogP contribution in [0.2, 0.25) is 0 Å². The number of nitrogens with one attached hydrogen (secondary N) is 1. The van der Waals surface area contributed by atoms with Gasteiger partial charge in [-0.1, -0.05) is 18.2 Å². The van der Waals surface area contributed by atoms with Crippen molar-refractivity contribution in [2.24, 2.45) is 0 Å². The van der Waals surface area contributed by atoms with Crippen LogP contribution in [-0.4, -0.2) is 22.3 Å². The Morgan fingerprint density at radius 2 is 2.05 bits per heavy atom. The molecule has 0 aliphatic carbocycles. The molecule has 0 spiro atoms. The van der Waals surface area contributed by atoms with Crippen LogP contribution in [-0.2, 0) is 4.79 Å². The summed E-state index contributed by atoms with van der Waals surface area (Å²) in [5.41, 5.74) is 0. The molecule has 2 rings (SSSR count). The van der Waals surface area contributed by atoms with Crippen LogP contribution < -0.4 is 10.1 Å². The lowest BCUT2D eigenvalue weighted by Gasteiger charge is -2.12. The number of nitrogens with zero attached hydrogens (tertiary/aromatic N) is 2. The smallest absolute Gasteiger partial charge is 0.263 e. The summed E-state index contributed by atoms with van der Waals surface area (Å²) in [6.45, 7) is 3.99. The van der Waals surface area contributed by atoms with E-state index < -0.39 is 0 Å². The SMILES string of the molecule is CC(C)n1nccc1NC(=O)COc1ccccc1. The molecule has 100 valence electrons. The number of hydrogen-bond donors (Lipinski definition) is 1. The molecule has 0 unspecified atom stereocenters. The van der Waals surface area contributed by atoms with Crippen LogP contribution in [0.3, 0.4) is 0 Å². The molecule has 1 aromatic heterocycles. The van der Waals surface area contributed by atoms with Gasteiger partial charge in [0.15, 0.2) is 6.61 Å². The number of carbonyl (C=O) groups excluding carboxylic acids is 1. The van der Waals surface area contributed by atoms with Gasteiger partial charge in [0, 0.05) is 12.1 Å². The van der Waals surface area contributed by atoms with Gasteiger partial charge in [-0.05, 0) is 26.0 Å². The van der Waals surface area contributed by atoms with Crippen molar-refractivity contribution < 1.29 is 9.53 Å². The van der Waals surface area contributed by atoms with E-state index in [2.05, 4.69) is 10.4 Å². The van der Waals surface area contributed by atoms with Crippen molar-refractivity contribution in [2.45, 2.75) is 19.9 Å². The molecule has 5 nitrogen and oxygen atoms in total. The predicted octanol–water partition coefficient (Wildman–Crippen LogP) is 2.48. The van der Waals surface area contributed by atoms with Crippen LogP contribution in [0.4, 0.5) is 5.82 Å². The molecule has 0 bridgehead atoms. The highest BCUT2D eigenvalue weighted by Crippen LogP contribution is 2.13. The lowest BCUT2D eigenvalue weighted by atomic mass is 10.3. The van der Waals surface area contributed by atoms with Crippen LogP contribution in [0, 0.1) is 0 Å². The number of amides is 1. The van der Waals surface area contributed by atoms with Gasteiger partial charge in [0.05, 0.1) is 6.20 Å². The molecule has 0 aliphatic rings. The van der Waals surface area contributed by atoms with Gasteiger partial charge < -0.3 is 10.1 Å². The largest absolute Gasteiger partial charge is 0.484 e. The van der Waals surface area contributed by atoms with E-state index in [1.807, 2.05) is 44.2 Å². The van der Waals surface area contributed by atoms with E-state index in [0.29, 0.717) is 11.6 Å². The Morgan fingerprint density at radius 1 is 1.32 bits per heavy atom. The number of para-hydroxylation sites is 1. The van der Waals surface area contributed by atoms with Gasteiger partial charge in [0.2, 0.25) is 0 Å². The fourth-order valence-corrected chi connectivity index (χ4v) is 1.67. The first-order valence-electron chi connectivity index (χ1n) is 6.18. The molecule has 1 heterocycles. The normalized spacial score (nSPS) is 10.5. The first-order valence-corrected chi connectivity index (χ1v) is 6.18. The number of hydrogen-bond acceptors (Lipinski definition) is 3. The summed E-state index contributed by atoms with van der Waals surface area (Å²) in [5, 5.41) is 6.93. The Morgan fingerprint density at radius 3 is 2.74 bits per heavy atom. The minimum atomic E-state index is -0.203. The summed E-state index contributed by atoms with van der Waals surface area (Å²) in [6, 6.07) is 11.2. The maximum Gasteiger partial charge on any atom is 0.263 e. The van der Waals surface area contributed by atoms with Crippen LogP contribution in [0.25, 0.3) is 0 Å². The molecule has 0 saturated heterocycles. The standard InChI is InChI=1S/C14H17N3O2/c1-11(2)17-13(8-9-15-17)16-14(18)10-19-12-6-4-3-5-7-12/h3-9,11H,10H2,1-2H3,(H,16,18). The molecule has 0 radical (unpaired) electrons. The summed E-state index contributed by atoms with van der Waals surface area (Å²) in [6.07, 6.45) is 1.66. The third-order valence-electron chi connectivity index (χ3n) is 2.54. The van der Waals surface area contributed by atoms with E-state index >= 15 is 0 Å². The van der Waals surface area contributed by atoms with E-state index in [4.69, 9.17) is 4.74 Å². The van der Waals surface area contributed by atoms with Gasteiger partial charge in [-0.25, -0.2) is 4.68 Å². The summed E-state index contributed by atoms with van der Waals surface area (Å²) >= 11 is 0. The van der Waals surface area contributed by atoms with Crippen LogP contribution >= 0.6 is 0 Å². The summed E-state index contributed by atoms with van der Waals surface area (Å²) in [4.78, 5) is 11.8. The van der Waals surface area contributed by atoms with E-state index in [1.54, 1.807) is 16.9 Å². The molecule has 0 aliphatic heterocycles. The summed E-state index contributed by atoms with van der Waals surface area (Å²) in [5.74, 6) is 1.15. The maximum atomic E-state index is 11.8. The fourth-order valence-electron chi connectivity index (χ4n) is 1.67. The van der Waals surface area contributed by atoms with Crippen molar-refractivity contribution in [1.29, 1.82) is 0 Å². The molecule has 1 aromatic carbocycles. The Balaban J connectivity index is 1.89. The molecule has 0 fully saturated rings. The average Bonchev–Trinajstić information content (AvgIpc) is 2.86. The second-order valence-electron chi connectivity index (χ2n) is 4.40. The monoisotopic (exact) mass is 259 g/mol. The second-order valence-corrected chi connectivity index (χ2v) is 4.40. The highest BCUT2D eigenvalue weighted by Gasteiger charge is 2.09. The molecule has 0 atom stereocenters. The number of benzene rings is 1. The zero-order valence-electron chi connectivity index (χ0n) is 11.0. The van der Waals surface area contributed by atoms with E-state index in [9.17, 15) is 4.79 Å². The maximum absolute atomic E-state index is 11.8. The van der Waals surface area contributed by atoms with E-state index in [0.717, 1.165) is 0 Å². The van der Waals surface area contributed by atoms with Crippen LogP contribution in [0.15, 0.2) is 42.6 Å². The van der Waals surface area contributed by atoms with Crippen molar-refractivity contribution >= 4 is 11.7 Å². The van der Waals surface area contributed by atoms with Gasteiger partial charge in [-0.2, -0.15) is 5.10 Å². The van der Waals surface area contributed by atoms with Gasteiger partial charge in [0.25, 0.3) is 5.91 Å². The zero-order valence-corrected chi connectivity index (χ0v) is 11.0. The molecule has 19 heavy (non-hydrogen) atoms. The molecule has 0 saturated carbocycles. The van der Waals surface area contributed by atoms with Crippen LogP contribution in [0.5, 0.6) is 5.75 Å². The average molecular weight is 259 g/mol. The van der Waals surface area contributed by atoms with Crippen molar-refractivity contribution in [3.05, 3.63) is 42.6 Å². The highest BCUT2D eigenvalue weighted by atomic mass is 16.5. The third kappa shape index (κ3) is 3.58. The Bertz CT molecular complexity index is 535. The van der Waals surface area contributed by atoms with E-state index in [1.165, 1.54) is 0 Å². The lowest BCUT2D eigenvalue weighted by Crippen LogP contribution is -2.22. The molecule has 1 N–H and O–H groups in total. The van der Waals surface area contributed by atoms with Gasteiger partial charge in [0.1, 0.15) is 11.6 Å². The van der Waals surface area contributed by atoms with Gasteiger partial charge >= 0.3 is 0 Å². The minimum absolute atomic E-state index is 0.0205. The Kier molecular flexibility index (Phi) is 4.18. The Hall–Kier alpha value is -2.30. The fraction of sp³-hybridized carbons (Fsp3) is 0.286. The number of carbonyl (C=O) groups is 1. The highest BCUT2D eigenvalue weighted by molar-refractivity contribution is 5.91. The summed E-state index contributed by atoms with van der Waals surface area (Å²) < 4.78 is 7.13. The number of rotatable bonds is 5. The number of ether oxygens (including phenoxy) is 1. The number of aromatic nitrogens is 2. The summed E-state index contributed by atoms with van der Waals surface area (Å²) in [7, 11) is 0. The predicted molar refractivity (Wildman–Crippen MR) is 73.2 cm³/mol. The second kappa shape index (κ2) is 6.04. The van der Waals surface area contributed by atoms with Gasteiger partial charge in [-0.3, -0.25) is 4.79 Å². The number of anilines is 1. The quantitative estimate of drug-likeness (QED) is 0.897. The lowest BCUT2D eigenvalue weighted by molar-refractivity contribution is -0.118. The van der Waals surface area contributed by atoms with Crippen LogP contribution in [0.1, 0.15) is 19.9 Å². The van der Waals surface area contributed by atoms with Crippen molar-refractivity contribution in [1.82, 2.24) is 9.78 Å². The third-order valence-corrected chi connectivity index (χ3v) is 2.54. The molecule has 2 aromatic rings. The first-order chi connectivity index (χ1) is 9.16. The van der Waals surface area contributed by atoms with Crippen molar-refractivity contribution in [3.63, 3.8) is 0 Å². The topological polar surface area (TPSA) is 56.2 Å². The molecule has 1 amide bonds. The zero-order chi connectivity index (χ0) is 13.7. The molecular weight excluding hydrogens is 242 g/mol. The van der Waals surface area contributed by atoms with Crippen molar-refractivity contribution in [2.75, 3.05) is 11.9 Å². The van der Waals surface area contributed by atoms with E-state index in [-0.39, 0.29) is 18.6 Å². The van der Waals surface area contributed by atoms with Gasteiger partial charge in [-0.15, -0.1) is 0 Å². The molecule has 5 heteroatoms. The molecular formula is C14H17N3O2. The first kappa shape index (κ1) is 13.1. The van der Waals surface area contributed by atoms with Crippen molar-refractivity contribution in [3.8, 4) is 5.75 Å². The minimum Gasteiger partial charge on any atom is -0.484 e. The Labute approximate surface area is 112 Å².